The van der Waals surface area contributed by atoms with Crippen LogP contribution in [0.15, 0.2) is 78.2 Å². The lowest BCUT2D eigenvalue weighted by atomic mass is 9.96. The van der Waals surface area contributed by atoms with E-state index in [0.717, 1.165) is 40.9 Å². The molecule has 0 aliphatic carbocycles. The first-order chi connectivity index (χ1) is 20.2. The van der Waals surface area contributed by atoms with Crippen LogP contribution in [0, 0.1) is 5.82 Å². The number of carbonyl (C=O) groups excluding carboxylic acids is 1. The number of halogens is 1. The van der Waals surface area contributed by atoms with Crippen molar-refractivity contribution in [3.8, 4) is 28.3 Å². The number of ether oxygens (including phenoxy) is 2. The van der Waals surface area contributed by atoms with Crippen LogP contribution in [-0.4, -0.2) is 49.0 Å². The molecule has 0 saturated heterocycles. The van der Waals surface area contributed by atoms with Crippen LogP contribution in [0.5, 0.6) is 5.75 Å². The number of amides is 1. The third kappa shape index (κ3) is 6.12. The minimum absolute atomic E-state index is 0.147. The van der Waals surface area contributed by atoms with E-state index in [9.17, 15) is 9.18 Å². The Bertz CT molecular complexity index is 1670. The number of benzene rings is 3. The maximum absolute atomic E-state index is 14.2. The second-order valence-corrected chi connectivity index (χ2v) is 10.6. The predicted molar refractivity (Wildman–Crippen MR) is 159 cm³/mol. The van der Waals surface area contributed by atoms with Crippen molar-refractivity contribution in [2.45, 2.75) is 13.0 Å². The normalized spacial score (nSPS) is 12.7. The SMILES string of the molecule is O=C(NCCOCCOc1cc(F)ccc1-c1nnc(-c2ccc3c(c2)CCNC3)c2ccsc12)c1ccccc1. The zero-order chi connectivity index (χ0) is 28.0. The predicted octanol–water partition coefficient (Wildman–Crippen LogP) is 5.64. The van der Waals surface area contributed by atoms with Crippen molar-refractivity contribution in [1.29, 1.82) is 0 Å². The van der Waals surface area contributed by atoms with Gasteiger partial charge in [-0.2, -0.15) is 0 Å². The van der Waals surface area contributed by atoms with Crippen LogP contribution in [0.25, 0.3) is 32.6 Å². The molecule has 0 saturated carbocycles. The summed E-state index contributed by atoms with van der Waals surface area (Å²) in [7, 11) is 0. The molecule has 1 aliphatic heterocycles. The molecule has 1 amide bonds. The van der Waals surface area contributed by atoms with Crippen LogP contribution >= 0.6 is 11.3 Å². The number of nitrogens with zero attached hydrogens (tertiary/aromatic N) is 2. The zero-order valence-electron chi connectivity index (χ0n) is 22.4. The van der Waals surface area contributed by atoms with Crippen molar-refractivity contribution in [1.82, 2.24) is 20.8 Å². The molecule has 0 radical (unpaired) electrons. The van der Waals surface area contributed by atoms with Crippen molar-refractivity contribution in [2.75, 3.05) is 32.9 Å². The Morgan fingerprint density at radius 2 is 1.83 bits per heavy atom. The minimum atomic E-state index is -0.399. The highest BCUT2D eigenvalue weighted by Crippen LogP contribution is 2.39. The Balaban J connectivity index is 1.13. The van der Waals surface area contributed by atoms with Gasteiger partial charge < -0.3 is 20.1 Å². The van der Waals surface area contributed by atoms with Gasteiger partial charge in [0.25, 0.3) is 5.91 Å². The topological polar surface area (TPSA) is 85.4 Å². The van der Waals surface area contributed by atoms with Crippen molar-refractivity contribution >= 4 is 27.3 Å². The van der Waals surface area contributed by atoms with Gasteiger partial charge in [-0.15, -0.1) is 21.5 Å². The van der Waals surface area contributed by atoms with E-state index >= 15 is 0 Å². The second-order valence-electron chi connectivity index (χ2n) is 9.69. The van der Waals surface area contributed by atoms with Gasteiger partial charge in [-0.25, -0.2) is 4.39 Å². The lowest BCUT2D eigenvalue weighted by Gasteiger charge is -2.18. The van der Waals surface area contributed by atoms with E-state index in [0.29, 0.717) is 35.7 Å². The maximum Gasteiger partial charge on any atom is 0.251 e. The first-order valence-corrected chi connectivity index (χ1v) is 14.5. The maximum atomic E-state index is 14.2. The van der Waals surface area contributed by atoms with E-state index in [1.54, 1.807) is 29.5 Å². The molecule has 5 aromatic rings. The summed E-state index contributed by atoms with van der Waals surface area (Å²) in [4.78, 5) is 12.1. The molecule has 3 aromatic carbocycles. The van der Waals surface area contributed by atoms with Crippen LogP contribution in [0.4, 0.5) is 4.39 Å². The molecule has 41 heavy (non-hydrogen) atoms. The molecule has 2 aromatic heterocycles. The standard InChI is InChI=1S/C32H29FN4O3S/c33-25-8-9-26(28(19-25)40-16-15-39-14-13-35-32(38)21-4-2-1-3-5-21)30-31-27(11-17-41-31)29(36-37-30)23-6-7-24-20-34-12-10-22(24)18-23/h1-9,11,17-19,34H,10,12-16,20H2,(H,35,38). The highest BCUT2D eigenvalue weighted by Gasteiger charge is 2.19. The molecule has 0 atom stereocenters. The van der Waals surface area contributed by atoms with E-state index in [1.165, 1.54) is 23.3 Å². The number of thiophene rings is 1. The summed E-state index contributed by atoms with van der Waals surface area (Å²) >= 11 is 1.58. The number of aromatic nitrogens is 2. The molecule has 0 fully saturated rings. The number of carbonyl (C=O) groups is 1. The summed E-state index contributed by atoms with van der Waals surface area (Å²) in [5, 5.41) is 18.5. The Labute approximate surface area is 241 Å². The molecule has 0 spiro atoms. The quantitative estimate of drug-likeness (QED) is 0.212. The molecule has 0 bridgehead atoms. The first kappa shape index (κ1) is 27.0. The largest absolute Gasteiger partial charge is 0.490 e. The van der Waals surface area contributed by atoms with Gasteiger partial charge in [0, 0.05) is 41.2 Å². The third-order valence-corrected chi connectivity index (χ3v) is 7.92. The van der Waals surface area contributed by atoms with E-state index < -0.39 is 5.82 Å². The zero-order valence-corrected chi connectivity index (χ0v) is 23.2. The van der Waals surface area contributed by atoms with E-state index in [1.807, 2.05) is 23.6 Å². The summed E-state index contributed by atoms with van der Waals surface area (Å²) in [6.45, 7) is 3.06. The number of nitrogens with one attached hydrogen (secondary N) is 2. The van der Waals surface area contributed by atoms with Crippen LogP contribution in [0.2, 0.25) is 0 Å². The van der Waals surface area contributed by atoms with Crippen LogP contribution in [0.1, 0.15) is 21.5 Å². The van der Waals surface area contributed by atoms with Crippen molar-refractivity contribution in [3.63, 3.8) is 0 Å². The van der Waals surface area contributed by atoms with Gasteiger partial charge in [0.2, 0.25) is 0 Å². The fourth-order valence-electron chi connectivity index (χ4n) is 4.94. The Kier molecular flexibility index (Phi) is 8.27. The van der Waals surface area contributed by atoms with Crippen LogP contribution in [0.3, 0.4) is 0 Å². The van der Waals surface area contributed by atoms with Crippen LogP contribution in [-0.2, 0) is 17.7 Å². The van der Waals surface area contributed by atoms with Gasteiger partial charge in [0.15, 0.2) is 0 Å². The Morgan fingerprint density at radius 1 is 0.951 bits per heavy atom. The molecule has 2 N–H and O–H groups in total. The van der Waals surface area contributed by atoms with E-state index in [2.05, 4.69) is 45.1 Å². The van der Waals surface area contributed by atoms with Gasteiger partial charge in [-0.1, -0.05) is 30.3 Å². The highest BCUT2D eigenvalue weighted by molar-refractivity contribution is 7.17. The number of fused-ring (bicyclic) bond motifs is 2. The lowest BCUT2D eigenvalue weighted by Crippen LogP contribution is -2.27. The third-order valence-electron chi connectivity index (χ3n) is 7.00. The fraction of sp³-hybridized carbons (Fsp3) is 0.219. The van der Waals surface area contributed by atoms with Gasteiger partial charge in [-0.3, -0.25) is 4.79 Å². The van der Waals surface area contributed by atoms with Gasteiger partial charge in [-0.05, 0) is 65.9 Å². The van der Waals surface area contributed by atoms with Crippen molar-refractivity contribution in [2.24, 2.45) is 0 Å². The highest BCUT2D eigenvalue weighted by atomic mass is 32.1. The summed E-state index contributed by atoms with van der Waals surface area (Å²) in [6.07, 6.45) is 0.990. The van der Waals surface area contributed by atoms with Crippen LogP contribution < -0.4 is 15.4 Å². The Hall–Kier alpha value is -4.18. The number of hydrogen-bond acceptors (Lipinski definition) is 7. The van der Waals surface area contributed by atoms with Crippen molar-refractivity contribution < 1.29 is 18.7 Å². The average Bonchev–Trinajstić information content (AvgIpc) is 3.51. The molecule has 1 aliphatic rings. The molecule has 208 valence electrons. The smallest absolute Gasteiger partial charge is 0.251 e. The molecule has 3 heterocycles. The lowest BCUT2D eigenvalue weighted by molar-refractivity contribution is 0.0867. The number of hydrogen-bond donors (Lipinski definition) is 2. The summed E-state index contributed by atoms with van der Waals surface area (Å²) in [5.74, 6) is -0.168. The molecular weight excluding hydrogens is 539 g/mol. The second kappa shape index (κ2) is 12.6. The first-order valence-electron chi connectivity index (χ1n) is 13.6. The van der Waals surface area contributed by atoms with E-state index in [4.69, 9.17) is 9.47 Å². The van der Waals surface area contributed by atoms with Gasteiger partial charge >= 0.3 is 0 Å². The van der Waals surface area contributed by atoms with Gasteiger partial charge in [0.1, 0.15) is 29.6 Å². The minimum Gasteiger partial charge on any atom is -0.490 e. The molecule has 0 unspecified atom stereocenters. The molecule has 6 rings (SSSR count). The monoisotopic (exact) mass is 568 g/mol. The van der Waals surface area contributed by atoms with E-state index in [-0.39, 0.29) is 19.1 Å². The molecular formula is C32H29FN4O3S. The fourth-order valence-corrected chi connectivity index (χ4v) is 5.84. The number of rotatable bonds is 10. The Morgan fingerprint density at radius 3 is 2.73 bits per heavy atom. The summed E-state index contributed by atoms with van der Waals surface area (Å²) in [5.41, 5.74) is 6.46. The summed E-state index contributed by atoms with van der Waals surface area (Å²) in [6, 6.07) is 22.0. The molecule has 9 heteroatoms. The molecule has 7 nitrogen and oxygen atoms in total. The average molecular weight is 569 g/mol. The van der Waals surface area contributed by atoms with Gasteiger partial charge in [0.05, 0.1) is 17.9 Å². The van der Waals surface area contributed by atoms with Crippen molar-refractivity contribution in [3.05, 3.63) is 101 Å². The summed E-state index contributed by atoms with van der Waals surface area (Å²) < 4.78 is 26.8.